The Hall–Kier alpha value is -1.24. The van der Waals surface area contributed by atoms with Crippen molar-refractivity contribution in [2.45, 2.75) is 13.0 Å². The lowest BCUT2D eigenvalue weighted by Crippen LogP contribution is -2.26. The summed E-state index contributed by atoms with van der Waals surface area (Å²) in [7, 11) is 3.92. The molecule has 0 saturated heterocycles. The summed E-state index contributed by atoms with van der Waals surface area (Å²) in [5.74, 6) is 1.03. The summed E-state index contributed by atoms with van der Waals surface area (Å²) in [4.78, 5) is 6.38. The van der Waals surface area contributed by atoms with Gasteiger partial charge >= 0.3 is 0 Å². The first-order valence-corrected chi connectivity index (χ1v) is 6.77. The smallest absolute Gasteiger partial charge is 0.258 e. The van der Waals surface area contributed by atoms with Gasteiger partial charge in [-0.15, -0.1) is 0 Å². The predicted molar refractivity (Wildman–Crippen MR) is 77.7 cm³/mol. The molecule has 0 saturated carbocycles. The molecule has 1 atom stereocenters. The van der Waals surface area contributed by atoms with E-state index in [1.165, 1.54) is 0 Å². The maximum Gasteiger partial charge on any atom is 0.258 e. The van der Waals surface area contributed by atoms with Gasteiger partial charge in [-0.05, 0) is 38.7 Å². The van der Waals surface area contributed by atoms with Crippen molar-refractivity contribution in [3.8, 4) is 11.5 Å². The molecule has 102 valence electrons. The second kappa shape index (κ2) is 5.81. The number of aromatic nitrogens is 2. The Morgan fingerprint density at radius 3 is 2.84 bits per heavy atom. The van der Waals surface area contributed by atoms with Gasteiger partial charge in [-0.1, -0.05) is 27.2 Å². The molecule has 0 spiro atoms. The molecule has 0 amide bonds. The molecule has 0 aliphatic heterocycles. The lowest BCUT2D eigenvalue weighted by Gasteiger charge is -2.12. The van der Waals surface area contributed by atoms with Crippen LogP contribution in [-0.4, -0.2) is 35.7 Å². The summed E-state index contributed by atoms with van der Waals surface area (Å²) >= 11 is 3.44. The van der Waals surface area contributed by atoms with E-state index >= 15 is 0 Å². The lowest BCUT2D eigenvalue weighted by molar-refractivity contribution is 0.357. The van der Waals surface area contributed by atoms with Crippen LogP contribution in [0, 0.1) is 6.92 Å². The third kappa shape index (κ3) is 3.40. The van der Waals surface area contributed by atoms with Crippen LogP contribution in [0.3, 0.4) is 0 Å². The fraction of sp³-hybridized carbons (Fsp3) is 0.385. The van der Waals surface area contributed by atoms with Crippen LogP contribution in [0.5, 0.6) is 0 Å². The van der Waals surface area contributed by atoms with E-state index in [4.69, 9.17) is 10.3 Å². The highest BCUT2D eigenvalue weighted by Crippen LogP contribution is 2.26. The van der Waals surface area contributed by atoms with E-state index in [-0.39, 0.29) is 6.04 Å². The van der Waals surface area contributed by atoms with Crippen molar-refractivity contribution in [1.29, 1.82) is 0 Å². The Labute approximate surface area is 120 Å². The van der Waals surface area contributed by atoms with Gasteiger partial charge in [0.05, 0.1) is 6.04 Å². The van der Waals surface area contributed by atoms with Crippen LogP contribution in [0.15, 0.2) is 27.2 Å². The number of nitrogens with two attached hydrogens (primary N) is 1. The Kier molecular flexibility index (Phi) is 4.34. The van der Waals surface area contributed by atoms with Crippen LogP contribution in [0.25, 0.3) is 11.5 Å². The first-order chi connectivity index (χ1) is 8.97. The number of hydrogen-bond donors (Lipinski definition) is 1. The van der Waals surface area contributed by atoms with Crippen molar-refractivity contribution < 1.29 is 4.52 Å². The Morgan fingerprint density at radius 2 is 2.16 bits per heavy atom. The van der Waals surface area contributed by atoms with E-state index in [0.29, 0.717) is 18.3 Å². The molecular weight excluding hydrogens is 308 g/mol. The molecule has 0 aliphatic carbocycles. The quantitative estimate of drug-likeness (QED) is 0.935. The predicted octanol–water partition coefficient (Wildman–Crippen LogP) is 2.37. The summed E-state index contributed by atoms with van der Waals surface area (Å²) in [6.07, 6.45) is 0. The van der Waals surface area contributed by atoms with Crippen LogP contribution >= 0.6 is 15.9 Å². The van der Waals surface area contributed by atoms with Crippen LogP contribution in [0.2, 0.25) is 0 Å². The molecule has 19 heavy (non-hydrogen) atoms. The van der Waals surface area contributed by atoms with E-state index in [1.807, 2.05) is 44.1 Å². The average Bonchev–Trinajstić information content (AvgIpc) is 2.80. The van der Waals surface area contributed by atoms with Crippen molar-refractivity contribution in [2.75, 3.05) is 20.6 Å². The number of halogens is 1. The first kappa shape index (κ1) is 14.2. The Bertz CT molecular complexity index is 568. The second-order valence-corrected chi connectivity index (χ2v) is 5.70. The molecule has 1 unspecified atom stereocenters. The van der Waals surface area contributed by atoms with Gasteiger partial charge in [-0.3, -0.25) is 0 Å². The summed E-state index contributed by atoms with van der Waals surface area (Å²) in [6.45, 7) is 2.68. The molecule has 0 bridgehead atoms. The van der Waals surface area contributed by atoms with Crippen molar-refractivity contribution in [3.63, 3.8) is 0 Å². The first-order valence-electron chi connectivity index (χ1n) is 5.98. The molecule has 2 N–H and O–H groups in total. The van der Waals surface area contributed by atoms with Crippen LogP contribution < -0.4 is 5.73 Å². The van der Waals surface area contributed by atoms with E-state index < -0.39 is 0 Å². The van der Waals surface area contributed by atoms with Gasteiger partial charge in [0.25, 0.3) is 5.89 Å². The molecule has 5 nitrogen and oxygen atoms in total. The second-order valence-electron chi connectivity index (χ2n) is 4.79. The normalized spacial score (nSPS) is 12.9. The van der Waals surface area contributed by atoms with E-state index in [9.17, 15) is 0 Å². The number of aryl methyl sites for hydroxylation is 1. The summed E-state index contributed by atoms with van der Waals surface area (Å²) in [6, 6.07) is 5.70. The highest BCUT2D eigenvalue weighted by Gasteiger charge is 2.17. The van der Waals surface area contributed by atoms with Crippen molar-refractivity contribution >= 4 is 15.9 Å². The molecule has 0 fully saturated rings. The summed E-state index contributed by atoms with van der Waals surface area (Å²) < 4.78 is 6.29. The number of nitrogens with zero attached hydrogens (tertiary/aromatic N) is 3. The van der Waals surface area contributed by atoms with Crippen LogP contribution in [-0.2, 0) is 0 Å². The van der Waals surface area contributed by atoms with Gasteiger partial charge in [0.15, 0.2) is 5.82 Å². The third-order valence-electron chi connectivity index (χ3n) is 2.77. The van der Waals surface area contributed by atoms with E-state index in [0.717, 1.165) is 15.6 Å². The zero-order valence-corrected chi connectivity index (χ0v) is 12.8. The number of rotatable bonds is 4. The molecule has 1 heterocycles. The van der Waals surface area contributed by atoms with Crippen molar-refractivity contribution in [3.05, 3.63) is 34.1 Å². The summed E-state index contributed by atoms with van der Waals surface area (Å²) in [5.41, 5.74) is 8.02. The largest absolute Gasteiger partial charge is 0.334 e. The zero-order valence-electron chi connectivity index (χ0n) is 11.2. The Morgan fingerprint density at radius 1 is 1.42 bits per heavy atom. The lowest BCUT2D eigenvalue weighted by atomic mass is 10.1. The topological polar surface area (TPSA) is 68.2 Å². The van der Waals surface area contributed by atoms with Gasteiger partial charge in [0.1, 0.15) is 0 Å². The van der Waals surface area contributed by atoms with Gasteiger partial charge in [-0.2, -0.15) is 4.98 Å². The minimum Gasteiger partial charge on any atom is -0.334 e. The SMILES string of the molecule is Cc1ccc(Br)cc1-c1nc(C(N)CN(C)C)no1. The maximum absolute atomic E-state index is 6.02. The zero-order chi connectivity index (χ0) is 14.0. The molecule has 1 aromatic carbocycles. The van der Waals surface area contributed by atoms with Crippen molar-refractivity contribution in [1.82, 2.24) is 15.0 Å². The van der Waals surface area contributed by atoms with E-state index in [1.54, 1.807) is 0 Å². The molecular formula is C13H17BrN4O. The van der Waals surface area contributed by atoms with Gasteiger partial charge in [0.2, 0.25) is 0 Å². The highest BCUT2D eigenvalue weighted by atomic mass is 79.9. The standard InChI is InChI=1S/C13H17BrN4O/c1-8-4-5-9(14)6-10(8)13-16-12(17-19-13)11(15)7-18(2)3/h4-6,11H,7,15H2,1-3H3. The fourth-order valence-corrected chi connectivity index (χ4v) is 2.16. The molecule has 0 radical (unpaired) electrons. The molecule has 0 aliphatic rings. The third-order valence-corrected chi connectivity index (χ3v) is 3.26. The summed E-state index contributed by atoms with van der Waals surface area (Å²) in [5, 5.41) is 3.96. The monoisotopic (exact) mass is 324 g/mol. The van der Waals surface area contributed by atoms with Gasteiger partial charge in [-0.25, -0.2) is 0 Å². The fourth-order valence-electron chi connectivity index (χ4n) is 1.79. The van der Waals surface area contributed by atoms with E-state index in [2.05, 4.69) is 26.1 Å². The molecule has 2 aromatic rings. The minimum absolute atomic E-state index is 0.250. The Balaban J connectivity index is 2.28. The van der Waals surface area contributed by atoms with Crippen molar-refractivity contribution in [2.24, 2.45) is 5.73 Å². The molecule has 6 heteroatoms. The highest BCUT2D eigenvalue weighted by molar-refractivity contribution is 9.10. The van der Waals surface area contributed by atoms with Gasteiger partial charge in [0, 0.05) is 16.6 Å². The number of hydrogen-bond acceptors (Lipinski definition) is 5. The molecule has 1 aromatic heterocycles. The maximum atomic E-state index is 6.02. The average molecular weight is 325 g/mol. The van der Waals surface area contributed by atoms with Gasteiger partial charge < -0.3 is 15.2 Å². The number of benzene rings is 1. The van der Waals surface area contributed by atoms with Crippen LogP contribution in [0.4, 0.5) is 0 Å². The van der Waals surface area contributed by atoms with Crippen LogP contribution in [0.1, 0.15) is 17.4 Å². The minimum atomic E-state index is -0.250. The molecule has 2 rings (SSSR count). The number of likely N-dealkylation sites (N-methyl/N-ethyl adjacent to an activating group) is 1.